The molecule has 0 radical (unpaired) electrons. The highest BCUT2D eigenvalue weighted by Crippen LogP contribution is 2.34. The van der Waals surface area contributed by atoms with Gasteiger partial charge in [-0.3, -0.25) is 0 Å². The summed E-state index contributed by atoms with van der Waals surface area (Å²) in [5.41, 5.74) is 9.31. The number of alkyl halides is 3. The molecule has 0 amide bonds. The van der Waals surface area contributed by atoms with E-state index in [0.717, 1.165) is 12.1 Å². The highest BCUT2D eigenvalue weighted by molar-refractivity contribution is 5.33. The van der Waals surface area contributed by atoms with Crippen molar-refractivity contribution in [2.45, 2.75) is 12.2 Å². The molecule has 15 heavy (non-hydrogen) atoms. The zero-order valence-corrected chi connectivity index (χ0v) is 7.68. The van der Waals surface area contributed by atoms with Gasteiger partial charge < -0.3 is 11.5 Å². The molecule has 1 aromatic rings. The molecular weight excluding hydrogens is 212 g/mol. The largest absolute Gasteiger partial charge is 0.416 e. The second-order valence-corrected chi connectivity index (χ2v) is 3.07. The van der Waals surface area contributed by atoms with E-state index in [1.54, 1.807) is 0 Å². The minimum atomic E-state index is -4.62. The first-order chi connectivity index (χ1) is 6.86. The Bertz CT molecular complexity index is 348. The van der Waals surface area contributed by atoms with E-state index >= 15 is 0 Å². The number of hydrogen-bond donors (Lipinski definition) is 2. The minimum absolute atomic E-state index is 0.130. The summed E-state index contributed by atoms with van der Waals surface area (Å²) >= 11 is 0. The molecule has 0 bridgehead atoms. The van der Waals surface area contributed by atoms with Crippen LogP contribution in [-0.4, -0.2) is 6.54 Å². The van der Waals surface area contributed by atoms with Crippen molar-refractivity contribution in [1.82, 2.24) is 0 Å². The van der Waals surface area contributed by atoms with Crippen molar-refractivity contribution in [2.24, 2.45) is 11.5 Å². The maximum Gasteiger partial charge on any atom is 0.416 e. The summed E-state index contributed by atoms with van der Waals surface area (Å²) in [7, 11) is 0. The standard InChI is InChI=1S/C9H10F4N2/c10-5-1-2-6(8(15)4-14)7(3-5)9(11,12)13/h1-3,8H,4,14-15H2. The maximum atomic E-state index is 12.7. The van der Waals surface area contributed by atoms with Crippen molar-refractivity contribution >= 4 is 0 Å². The van der Waals surface area contributed by atoms with Gasteiger partial charge in [0.2, 0.25) is 0 Å². The monoisotopic (exact) mass is 222 g/mol. The van der Waals surface area contributed by atoms with Crippen LogP contribution >= 0.6 is 0 Å². The van der Waals surface area contributed by atoms with E-state index in [4.69, 9.17) is 11.5 Å². The lowest BCUT2D eigenvalue weighted by molar-refractivity contribution is -0.138. The molecule has 0 spiro atoms. The lowest BCUT2D eigenvalue weighted by Gasteiger charge is -2.16. The molecular formula is C9H10F4N2. The van der Waals surface area contributed by atoms with E-state index in [1.807, 2.05) is 0 Å². The second-order valence-electron chi connectivity index (χ2n) is 3.07. The molecule has 0 saturated heterocycles. The van der Waals surface area contributed by atoms with E-state index in [1.165, 1.54) is 0 Å². The van der Waals surface area contributed by atoms with Crippen molar-refractivity contribution in [3.63, 3.8) is 0 Å². The Morgan fingerprint density at radius 2 is 1.87 bits per heavy atom. The molecule has 1 aromatic carbocycles. The first kappa shape index (κ1) is 11.9. The number of nitrogens with two attached hydrogens (primary N) is 2. The zero-order valence-electron chi connectivity index (χ0n) is 7.68. The van der Waals surface area contributed by atoms with Crippen LogP contribution in [0.2, 0.25) is 0 Å². The molecule has 4 N–H and O–H groups in total. The minimum Gasteiger partial charge on any atom is -0.329 e. The second kappa shape index (κ2) is 4.16. The van der Waals surface area contributed by atoms with E-state index in [0.29, 0.717) is 6.07 Å². The average molecular weight is 222 g/mol. The third-order valence-electron chi connectivity index (χ3n) is 1.97. The van der Waals surface area contributed by atoms with Gasteiger partial charge in [-0.25, -0.2) is 4.39 Å². The van der Waals surface area contributed by atoms with Crippen LogP contribution in [0.5, 0.6) is 0 Å². The predicted molar refractivity (Wildman–Crippen MR) is 47.4 cm³/mol. The van der Waals surface area contributed by atoms with Crippen LogP contribution in [0, 0.1) is 5.82 Å². The van der Waals surface area contributed by atoms with Gasteiger partial charge in [0, 0.05) is 12.6 Å². The van der Waals surface area contributed by atoms with Crippen molar-refractivity contribution < 1.29 is 17.6 Å². The van der Waals surface area contributed by atoms with E-state index in [9.17, 15) is 17.6 Å². The van der Waals surface area contributed by atoms with Crippen molar-refractivity contribution in [1.29, 1.82) is 0 Å². The molecule has 2 nitrogen and oxygen atoms in total. The molecule has 0 aromatic heterocycles. The summed E-state index contributed by atoms with van der Waals surface area (Å²) in [6.07, 6.45) is -4.62. The normalized spacial score (nSPS) is 14.0. The summed E-state index contributed by atoms with van der Waals surface area (Å²) < 4.78 is 50.1. The fraction of sp³-hybridized carbons (Fsp3) is 0.333. The first-order valence-corrected chi connectivity index (χ1v) is 4.18. The SMILES string of the molecule is NCC(N)c1ccc(F)cc1C(F)(F)F. The van der Waals surface area contributed by atoms with Crippen molar-refractivity contribution in [3.8, 4) is 0 Å². The van der Waals surface area contributed by atoms with E-state index < -0.39 is 23.6 Å². The van der Waals surface area contributed by atoms with Gasteiger partial charge in [0.1, 0.15) is 5.82 Å². The Kier molecular flexibility index (Phi) is 3.31. The van der Waals surface area contributed by atoms with Crippen LogP contribution in [0.4, 0.5) is 17.6 Å². The Balaban J connectivity index is 3.27. The number of halogens is 4. The van der Waals surface area contributed by atoms with E-state index in [2.05, 4.69) is 0 Å². The molecule has 84 valence electrons. The Hall–Kier alpha value is -1.14. The predicted octanol–water partition coefficient (Wildman–Crippen LogP) is 1.80. The number of benzene rings is 1. The quantitative estimate of drug-likeness (QED) is 0.749. The molecule has 0 fully saturated rings. The number of hydrogen-bond acceptors (Lipinski definition) is 2. The van der Waals surface area contributed by atoms with Gasteiger partial charge in [-0.1, -0.05) is 6.07 Å². The third kappa shape index (κ3) is 2.66. The lowest BCUT2D eigenvalue weighted by atomic mass is 10.0. The molecule has 0 aliphatic rings. The molecule has 1 unspecified atom stereocenters. The van der Waals surface area contributed by atoms with Crippen molar-refractivity contribution in [3.05, 3.63) is 35.1 Å². The van der Waals surface area contributed by atoms with Crippen LogP contribution in [0.3, 0.4) is 0 Å². The van der Waals surface area contributed by atoms with Gasteiger partial charge in [0.05, 0.1) is 5.56 Å². The molecule has 6 heteroatoms. The van der Waals surface area contributed by atoms with Crippen molar-refractivity contribution in [2.75, 3.05) is 6.54 Å². The molecule has 0 aliphatic carbocycles. The van der Waals surface area contributed by atoms with Crippen LogP contribution in [0.15, 0.2) is 18.2 Å². The summed E-state index contributed by atoms with van der Waals surface area (Å²) in [6, 6.07) is 1.42. The molecule has 0 saturated carbocycles. The van der Waals surface area contributed by atoms with Crippen LogP contribution in [0.1, 0.15) is 17.2 Å². The van der Waals surface area contributed by atoms with Gasteiger partial charge in [-0.15, -0.1) is 0 Å². The van der Waals surface area contributed by atoms with Gasteiger partial charge in [-0.05, 0) is 17.7 Å². The first-order valence-electron chi connectivity index (χ1n) is 4.18. The van der Waals surface area contributed by atoms with Gasteiger partial charge in [0.25, 0.3) is 0 Å². The smallest absolute Gasteiger partial charge is 0.329 e. The fourth-order valence-corrected chi connectivity index (χ4v) is 1.22. The number of rotatable bonds is 2. The van der Waals surface area contributed by atoms with Crippen LogP contribution < -0.4 is 11.5 Å². The Labute approximate surface area is 83.9 Å². The highest BCUT2D eigenvalue weighted by atomic mass is 19.4. The summed E-state index contributed by atoms with van der Waals surface area (Å²) in [5.74, 6) is -0.949. The third-order valence-corrected chi connectivity index (χ3v) is 1.97. The average Bonchev–Trinajstić information content (AvgIpc) is 2.15. The van der Waals surface area contributed by atoms with Crippen LogP contribution in [-0.2, 0) is 6.18 Å². The Morgan fingerprint density at radius 3 is 2.33 bits per heavy atom. The molecule has 0 heterocycles. The summed E-state index contributed by atoms with van der Waals surface area (Å²) in [4.78, 5) is 0. The Morgan fingerprint density at radius 1 is 1.27 bits per heavy atom. The molecule has 1 rings (SSSR count). The van der Waals surface area contributed by atoms with Gasteiger partial charge in [0.15, 0.2) is 0 Å². The van der Waals surface area contributed by atoms with Crippen LogP contribution in [0.25, 0.3) is 0 Å². The van der Waals surface area contributed by atoms with Gasteiger partial charge in [-0.2, -0.15) is 13.2 Å². The zero-order chi connectivity index (χ0) is 11.6. The van der Waals surface area contributed by atoms with E-state index in [-0.39, 0.29) is 12.1 Å². The fourth-order valence-electron chi connectivity index (χ4n) is 1.22. The summed E-state index contributed by atoms with van der Waals surface area (Å²) in [5, 5.41) is 0. The van der Waals surface area contributed by atoms with Gasteiger partial charge >= 0.3 is 6.18 Å². The topological polar surface area (TPSA) is 52.0 Å². The molecule has 1 atom stereocenters. The molecule has 0 aliphatic heterocycles. The highest BCUT2D eigenvalue weighted by Gasteiger charge is 2.34. The summed E-state index contributed by atoms with van der Waals surface area (Å²) in [6.45, 7) is -0.130. The lowest BCUT2D eigenvalue weighted by Crippen LogP contribution is -2.24. The maximum absolute atomic E-state index is 12.7.